The van der Waals surface area contributed by atoms with Crippen molar-refractivity contribution < 1.29 is 19.7 Å². The van der Waals surface area contributed by atoms with Gasteiger partial charge >= 0.3 is 5.97 Å². The number of hydrogen-bond donors (Lipinski definition) is 3. The molecule has 1 aromatic heterocycles. The quantitative estimate of drug-likeness (QED) is 0.653. The van der Waals surface area contributed by atoms with Crippen molar-refractivity contribution in [1.82, 2.24) is 4.98 Å². The minimum Gasteiger partial charge on any atom is -0.466 e. The van der Waals surface area contributed by atoms with Gasteiger partial charge in [0.15, 0.2) is 0 Å². The first-order chi connectivity index (χ1) is 8.45. The monoisotopic (exact) mass is 254 g/mol. The average molecular weight is 254 g/mol. The Kier molecular flexibility index (Phi) is 5.06. The minimum atomic E-state index is -1.27. The van der Waals surface area contributed by atoms with Crippen molar-refractivity contribution in [2.45, 2.75) is 32.5 Å². The topological polar surface area (TPSA) is 106 Å². The molecule has 1 aromatic rings. The third-order valence-corrected chi connectivity index (χ3v) is 2.45. The molecule has 2 unspecified atom stereocenters. The summed E-state index contributed by atoms with van der Waals surface area (Å²) in [6, 6.07) is 1.63. The summed E-state index contributed by atoms with van der Waals surface area (Å²) in [5, 5.41) is 19.7. The standard InChI is InChI=1S/C12H18N2O4/c1-3-18-10(16)5-9(15)11(17)8-4-7(2)6-14-12(8)13/h4,6,9,11,15,17H,3,5H2,1-2H3,(H2,13,14). The van der Waals surface area contributed by atoms with E-state index in [0.29, 0.717) is 5.56 Å². The van der Waals surface area contributed by atoms with Gasteiger partial charge < -0.3 is 20.7 Å². The molecule has 6 heteroatoms. The van der Waals surface area contributed by atoms with Crippen LogP contribution in [0.15, 0.2) is 12.3 Å². The smallest absolute Gasteiger partial charge is 0.308 e. The highest BCUT2D eigenvalue weighted by Crippen LogP contribution is 2.24. The molecule has 0 saturated carbocycles. The first-order valence-corrected chi connectivity index (χ1v) is 5.69. The van der Waals surface area contributed by atoms with Crippen molar-refractivity contribution in [3.63, 3.8) is 0 Å². The number of anilines is 1. The lowest BCUT2D eigenvalue weighted by atomic mass is 10.0. The fraction of sp³-hybridized carbons (Fsp3) is 0.500. The lowest BCUT2D eigenvalue weighted by Crippen LogP contribution is -2.24. The Morgan fingerprint density at radius 1 is 1.56 bits per heavy atom. The maximum Gasteiger partial charge on any atom is 0.308 e. The molecule has 100 valence electrons. The number of nitrogen functional groups attached to an aromatic ring is 1. The van der Waals surface area contributed by atoms with E-state index in [9.17, 15) is 15.0 Å². The Morgan fingerprint density at radius 3 is 2.83 bits per heavy atom. The maximum atomic E-state index is 11.2. The zero-order valence-electron chi connectivity index (χ0n) is 10.5. The van der Waals surface area contributed by atoms with E-state index < -0.39 is 18.2 Å². The molecule has 0 radical (unpaired) electrons. The summed E-state index contributed by atoms with van der Waals surface area (Å²) in [5.74, 6) is -0.431. The van der Waals surface area contributed by atoms with Crippen LogP contribution in [0.2, 0.25) is 0 Å². The van der Waals surface area contributed by atoms with Gasteiger partial charge in [-0.1, -0.05) is 0 Å². The van der Waals surface area contributed by atoms with Crippen molar-refractivity contribution in [2.75, 3.05) is 12.3 Å². The van der Waals surface area contributed by atoms with Gasteiger partial charge in [0.25, 0.3) is 0 Å². The van der Waals surface area contributed by atoms with Gasteiger partial charge in [0.2, 0.25) is 0 Å². The molecule has 6 nitrogen and oxygen atoms in total. The molecule has 1 heterocycles. The zero-order valence-corrected chi connectivity index (χ0v) is 10.5. The number of esters is 1. The predicted molar refractivity (Wildman–Crippen MR) is 65.6 cm³/mol. The summed E-state index contributed by atoms with van der Waals surface area (Å²) in [6.07, 6.45) is -1.26. The van der Waals surface area contributed by atoms with Crippen LogP contribution in [0.3, 0.4) is 0 Å². The maximum absolute atomic E-state index is 11.2. The van der Waals surface area contributed by atoms with Crippen molar-refractivity contribution in [3.8, 4) is 0 Å². The van der Waals surface area contributed by atoms with Crippen molar-refractivity contribution in [1.29, 1.82) is 0 Å². The van der Waals surface area contributed by atoms with Crippen molar-refractivity contribution >= 4 is 11.8 Å². The molecule has 0 spiro atoms. The van der Waals surface area contributed by atoms with E-state index in [1.165, 1.54) is 0 Å². The van der Waals surface area contributed by atoms with Crippen molar-refractivity contribution in [3.05, 3.63) is 23.4 Å². The summed E-state index contributed by atoms with van der Waals surface area (Å²) < 4.78 is 4.70. The van der Waals surface area contributed by atoms with Gasteiger partial charge in [0, 0.05) is 11.8 Å². The number of hydrogen-bond acceptors (Lipinski definition) is 6. The molecular weight excluding hydrogens is 236 g/mol. The lowest BCUT2D eigenvalue weighted by molar-refractivity contribution is -0.147. The number of rotatable bonds is 5. The van der Waals surface area contributed by atoms with Crippen LogP contribution in [0.4, 0.5) is 5.82 Å². The molecule has 4 N–H and O–H groups in total. The number of nitrogens with zero attached hydrogens (tertiary/aromatic N) is 1. The highest BCUT2D eigenvalue weighted by molar-refractivity contribution is 5.70. The fourth-order valence-corrected chi connectivity index (χ4v) is 1.55. The SMILES string of the molecule is CCOC(=O)CC(O)C(O)c1cc(C)cnc1N. The summed E-state index contributed by atoms with van der Waals surface area (Å²) in [4.78, 5) is 15.1. The van der Waals surface area contributed by atoms with Crippen molar-refractivity contribution in [2.24, 2.45) is 0 Å². The van der Waals surface area contributed by atoms with Crippen LogP contribution >= 0.6 is 0 Å². The molecule has 18 heavy (non-hydrogen) atoms. The van der Waals surface area contributed by atoms with Crippen LogP contribution in [0.1, 0.15) is 30.6 Å². The number of ether oxygens (including phenoxy) is 1. The highest BCUT2D eigenvalue weighted by atomic mass is 16.5. The van der Waals surface area contributed by atoms with Crippen LogP contribution in [0.5, 0.6) is 0 Å². The first-order valence-electron chi connectivity index (χ1n) is 5.69. The number of nitrogens with two attached hydrogens (primary N) is 1. The predicted octanol–water partition coefficient (Wildman–Crippen LogP) is 0.320. The number of aromatic nitrogens is 1. The Balaban J connectivity index is 2.76. The van der Waals surface area contributed by atoms with E-state index in [4.69, 9.17) is 10.5 Å². The van der Waals surface area contributed by atoms with Crippen LogP contribution in [0, 0.1) is 6.92 Å². The first kappa shape index (κ1) is 14.4. The number of aliphatic hydroxyl groups is 2. The van der Waals surface area contributed by atoms with Gasteiger partial charge in [-0.05, 0) is 25.5 Å². The normalized spacial score (nSPS) is 14.0. The molecule has 0 fully saturated rings. The fourth-order valence-electron chi connectivity index (χ4n) is 1.55. The summed E-state index contributed by atoms with van der Waals surface area (Å²) in [5.41, 5.74) is 6.74. The molecule has 2 atom stereocenters. The molecule has 0 aliphatic rings. The van der Waals surface area contributed by atoms with Gasteiger partial charge in [0.1, 0.15) is 11.9 Å². The van der Waals surface area contributed by atoms with E-state index in [-0.39, 0.29) is 18.8 Å². The van der Waals surface area contributed by atoms with E-state index in [1.807, 2.05) is 0 Å². The number of pyridine rings is 1. The second kappa shape index (κ2) is 6.32. The Hall–Kier alpha value is -1.66. The molecule has 0 bridgehead atoms. The van der Waals surface area contributed by atoms with Crippen LogP contribution < -0.4 is 5.73 Å². The summed E-state index contributed by atoms with van der Waals surface area (Å²) >= 11 is 0. The molecule has 0 aliphatic carbocycles. The largest absolute Gasteiger partial charge is 0.466 e. The highest BCUT2D eigenvalue weighted by Gasteiger charge is 2.24. The van der Waals surface area contributed by atoms with Crippen LogP contribution in [-0.2, 0) is 9.53 Å². The van der Waals surface area contributed by atoms with E-state index in [2.05, 4.69) is 4.98 Å². The number of aryl methyl sites for hydroxylation is 1. The number of aliphatic hydroxyl groups excluding tert-OH is 2. The van der Waals surface area contributed by atoms with Gasteiger partial charge in [0.05, 0.1) is 19.1 Å². The minimum absolute atomic E-state index is 0.135. The Labute approximate surface area is 105 Å². The Bertz CT molecular complexity index is 423. The third-order valence-electron chi connectivity index (χ3n) is 2.45. The van der Waals surface area contributed by atoms with E-state index in [1.54, 1.807) is 26.1 Å². The van der Waals surface area contributed by atoms with Gasteiger partial charge in [-0.2, -0.15) is 0 Å². The molecule has 0 amide bonds. The summed E-state index contributed by atoms with van der Waals surface area (Å²) in [7, 11) is 0. The number of carbonyl (C=O) groups excluding carboxylic acids is 1. The second-order valence-electron chi connectivity index (χ2n) is 4.01. The van der Waals surface area contributed by atoms with Crippen LogP contribution in [0.25, 0.3) is 0 Å². The second-order valence-corrected chi connectivity index (χ2v) is 4.01. The van der Waals surface area contributed by atoms with E-state index in [0.717, 1.165) is 5.56 Å². The molecule has 0 aliphatic heterocycles. The van der Waals surface area contributed by atoms with Crippen LogP contribution in [-0.4, -0.2) is 33.9 Å². The third kappa shape index (κ3) is 3.68. The average Bonchev–Trinajstić information content (AvgIpc) is 2.31. The molecular formula is C12H18N2O4. The van der Waals surface area contributed by atoms with Gasteiger partial charge in [-0.15, -0.1) is 0 Å². The van der Waals surface area contributed by atoms with E-state index >= 15 is 0 Å². The Morgan fingerprint density at radius 2 is 2.22 bits per heavy atom. The van der Waals surface area contributed by atoms with Gasteiger partial charge in [-0.25, -0.2) is 4.98 Å². The zero-order chi connectivity index (χ0) is 13.7. The molecule has 0 aromatic carbocycles. The summed E-state index contributed by atoms with van der Waals surface area (Å²) in [6.45, 7) is 3.69. The number of carbonyl (C=O) groups is 1. The van der Waals surface area contributed by atoms with Gasteiger partial charge in [-0.3, -0.25) is 4.79 Å². The molecule has 0 saturated heterocycles. The lowest BCUT2D eigenvalue weighted by Gasteiger charge is -2.18. The molecule has 1 rings (SSSR count).